The van der Waals surface area contributed by atoms with Gasteiger partial charge in [0.25, 0.3) is 0 Å². The van der Waals surface area contributed by atoms with E-state index >= 15 is 0 Å². The highest BCUT2D eigenvalue weighted by atomic mass is 32.1. The van der Waals surface area contributed by atoms with Crippen LogP contribution in [0.1, 0.15) is 23.7 Å². The predicted octanol–water partition coefficient (Wildman–Crippen LogP) is 4.10. The second-order valence-corrected chi connectivity index (χ2v) is 8.48. The van der Waals surface area contributed by atoms with Crippen molar-refractivity contribution >= 4 is 23.0 Å². The van der Waals surface area contributed by atoms with Gasteiger partial charge in [-0.25, -0.2) is 15.0 Å². The van der Waals surface area contributed by atoms with Gasteiger partial charge in [-0.1, -0.05) is 13.0 Å². The molecule has 152 valence electrons. The summed E-state index contributed by atoms with van der Waals surface area (Å²) >= 11 is 1.65. The molecule has 7 heteroatoms. The normalized spacial score (nSPS) is 15.6. The summed E-state index contributed by atoms with van der Waals surface area (Å²) in [6.45, 7) is 13.0. The van der Waals surface area contributed by atoms with Crippen molar-refractivity contribution in [1.29, 1.82) is 0 Å². The van der Waals surface area contributed by atoms with E-state index in [-0.39, 0.29) is 0 Å². The summed E-state index contributed by atoms with van der Waals surface area (Å²) in [5.74, 6) is 0.597. The van der Waals surface area contributed by atoms with E-state index in [4.69, 9.17) is 4.98 Å². The van der Waals surface area contributed by atoms with Gasteiger partial charge >= 0.3 is 0 Å². The first kappa shape index (κ1) is 19.9. The Kier molecular flexibility index (Phi) is 6.18. The highest BCUT2D eigenvalue weighted by molar-refractivity contribution is 7.13. The van der Waals surface area contributed by atoms with E-state index in [1.807, 2.05) is 6.07 Å². The van der Waals surface area contributed by atoms with Gasteiger partial charge in [-0.3, -0.25) is 4.90 Å². The van der Waals surface area contributed by atoms with Crippen LogP contribution in [0.2, 0.25) is 0 Å². The number of anilines is 2. The van der Waals surface area contributed by atoms with Crippen molar-refractivity contribution in [2.45, 2.75) is 27.3 Å². The van der Waals surface area contributed by atoms with Crippen LogP contribution in [0, 0.1) is 13.8 Å². The molecule has 0 unspecified atom stereocenters. The van der Waals surface area contributed by atoms with E-state index in [1.54, 1.807) is 17.5 Å². The molecule has 0 amide bonds. The zero-order chi connectivity index (χ0) is 20.2. The number of hydrogen-bond acceptors (Lipinski definition) is 7. The average Bonchev–Trinajstić information content (AvgIpc) is 3.16. The maximum atomic E-state index is 4.84. The molecule has 4 rings (SSSR count). The highest BCUT2D eigenvalue weighted by Gasteiger charge is 2.17. The fraction of sp³-hybridized carbons (Fsp3) is 0.409. The standard InChI is InChI=1S/C22H28N6S/c1-4-27-7-9-28(10-8-27)14-19-15-29-21(24-19)20-5-6-23-22(26-20)25-18-12-16(2)11-17(3)13-18/h5-6,11-13,15H,4,7-10,14H2,1-3H3,(H,23,25,26). The van der Waals surface area contributed by atoms with Crippen LogP contribution in [0.15, 0.2) is 35.8 Å². The highest BCUT2D eigenvalue weighted by Crippen LogP contribution is 2.24. The van der Waals surface area contributed by atoms with Crippen LogP contribution in [-0.4, -0.2) is 57.5 Å². The molecular formula is C22H28N6S. The molecule has 0 aliphatic carbocycles. The number of likely N-dealkylation sites (N-methyl/N-ethyl adjacent to an activating group) is 1. The molecule has 3 aromatic rings. The van der Waals surface area contributed by atoms with E-state index in [9.17, 15) is 0 Å². The second-order valence-electron chi connectivity index (χ2n) is 7.62. The van der Waals surface area contributed by atoms with Gasteiger partial charge in [-0.05, 0) is 49.7 Å². The molecule has 0 spiro atoms. The van der Waals surface area contributed by atoms with Gasteiger partial charge in [-0.2, -0.15) is 0 Å². The van der Waals surface area contributed by atoms with Gasteiger partial charge < -0.3 is 10.2 Å². The molecule has 1 aliphatic heterocycles. The van der Waals surface area contributed by atoms with E-state index in [0.29, 0.717) is 5.95 Å². The first-order chi connectivity index (χ1) is 14.1. The fourth-order valence-electron chi connectivity index (χ4n) is 3.70. The lowest BCUT2D eigenvalue weighted by Crippen LogP contribution is -2.45. The van der Waals surface area contributed by atoms with Crippen LogP contribution in [0.4, 0.5) is 11.6 Å². The average molecular weight is 409 g/mol. The molecule has 1 fully saturated rings. The Bertz CT molecular complexity index is 941. The lowest BCUT2D eigenvalue weighted by atomic mass is 10.1. The minimum absolute atomic E-state index is 0.597. The zero-order valence-corrected chi connectivity index (χ0v) is 18.2. The largest absolute Gasteiger partial charge is 0.324 e. The molecule has 0 atom stereocenters. The van der Waals surface area contributed by atoms with Crippen LogP contribution < -0.4 is 5.32 Å². The molecule has 1 aromatic carbocycles. The minimum atomic E-state index is 0.597. The summed E-state index contributed by atoms with van der Waals surface area (Å²) in [5.41, 5.74) is 5.42. The van der Waals surface area contributed by atoms with Gasteiger partial charge in [0.15, 0.2) is 0 Å². The molecule has 3 heterocycles. The molecule has 0 saturated carbocycles. The summed E-state index contributed by atoms with van der Waals surface area (Å²) in [6.07, 6.45) is 1.79. The van der Waals surface area contributed by atoms with Crippen LogP contribution in [0.5, 0.6) is 0 Å². The molecule has 1 N–H and O–H groups in total. The van der Waals surface area contributed by atoms with Crippen LogP contribution >= 0.6 is 11.3 Å². The van der Waals surface area contributed by atoms with Crippen LogP contribution in [0.3, 0.4) is 0 Å². The summed E-state index contributed by atoms with van der Waals surface area (Å²) in [5, 5.41) is 6.42. The number of aromatic nitrogens is 3. The molecule has 6 nitrogen and oxygen atoms in total. The maximum Gasteiger partial charge on any atom is 0.227 e. The van der Waals surface area contributed by atoms with E-state index < -0.39 is 0 Å². The molecule has 2 aromatic heterocycles. The molecule has 29 heavy (non-hydrogen) atoms. The van der Waals surface area contributed by atoms with E-state index in [0.717, 1.165) is 61.4 Å². The summed E-state index contributed by atoms with van der Waals surface area (Å²) in [6, 6.07) is 8.28. The number of aryl methyl sites for hydroxylation is 2. The Balaban J connectivity index is 1.43. The van der Waals surface area contributed by atoms with Crippen molar-refractivity contribution in [2.75, 3.05) is 38.0 Å². The minimum Gasteiger partial charge on any atom is -0.324 e. The van der Waals surface area contributed by atoms with E-state index in [2.05, 4.69) is 69.4 Å². The number of hydrogen-bond donors (Lipinski definition) is 1. The third kappa shape index (κ3) is 5.18. The topological polar surface area (TPSA) is 57.2 Å². The van der Waals surface area contributed by atoms with E-state index in [1.165, 1.54) is 11.1 Å². The number of rotatable bonds is 6. The monoisotopic (exact) mass is 408 g/mol. The summed E-state index contributed by atoms with van der Waals surface area (Å²) in [4.78, 5) is 18.9. The Labute approximate surface area is 176 Å². The maximum absolute atomic E-state index is 4.84. The smallest absolute Gasteiger partial charge is 0.227 e. The Morgan fingerprint density at radius 2 is 1.72 bits per heavy atom. The van der Waals surface area contributed by atoms with Crippen molar-refractivity contribution < 1.29 is 0 Å². The Hall–Kier alpha value is -2.35. The molecule has 0 bridgehead atoms. The van der Waals surface area contributed by atoms with Gasteiger partial charge in [-0.15, -0.1) is 11.3 Å². The summed E-state index contributed by atoms with van der Waals surface area (Å²) < 4.78 is 0. The van der Waals surface area contributed by atoms with Crippen molar-refractivity contribution in [3.8, 4) is 10.7 Å². The Morgan fingerprint density at radius 1 is 1.00 bits per heavy atom. The van der Waals surface area contributed by atoms with Gasteiger partial charge in [0.2, 0.25) is 5.95 Å². The van der Waals surface area contributed by atoms with Crippen molar-refractivity contribution in [2.24, 2.45) is 0 Å². The van der Waals surface area contributed by atoms with Crippen LogP contribution in [0.25, 0.3) is 10.7 Å². The molecular weight excluding hydrogens is 380 g/mol. The SMILES string of the molecule is CCN1CCN(Cc2csc(-c3ccnc(Nc4cc(C)cc(C)c4)n3)n2)CC1. The fourth-order valence-corrected chi connectivity index (χ4v) is 4.48. The zero-order valence-electron chi connectivity index (χ0n) is 17.4. The van der Waals surface area contributed by atoms with Crippen LogP contribution in [-0.2, 0) is 6.54 Å². The Morgan fingerprint density at radius 3 is 2.45 bits per heavy atom. The predicted molar refractivity (Wildman–Crippen MR) is 120 cm³/mol. The second kappa shape index (κ2) is 8.98. The lowest BCUT2D eigenvalue weighted by Gasteiger charge is -2.33. The summed E-state index contributed by atoms with van der Waals surface area (Å²) in [7, 11) is 0. The quantitative estimate of drug-likeness (QED) is 0.663. The number of nitrogens with zero attached hydrogens (tertiary/aromatic N) is 5. The molecule has 1 saturated heterocycles. The first-order valence-corrected chi connectivity index (χ1v) is 11.0. The van der Waals surface area contributed by atoms with Gasteiger partial charge in [0.05, 0.1) is 5.69 Å². The van der Waals surface area contributed by atoms with Crippen molar-refractivity contribution in [3.05, 3.63) is 52.7 Å². The molecule has 0 radical (unpaired) electrons. The van der Waals surface area contributed by atoms with Crippen molar-refractivity contribution in [1.82, 2.24) is 24.8 Å². The number of thiazole rings is 1. The number of benzene rings is 1. The van der Waals surface area contributed by atoms with Crippen molar-refractivity contribution in [3.63, 3.8) is 0 Å². The van der Waals surface area contributed by atoms with Gasteiger partial charge in [0, 0.05) is 50.0 Å². The number of nitrogens with one attached hydrogen (secondary N) is 1. The van der Waals surface area contributed by atoms with Gasteiger partial charge in [0.1, 0.15) is 10.7 Å². The molecule has 1 aliphatic rings. The third-order valence-corrected chi connectivity index (χ3v) is 6.12. The first-order valence-electron chi connectivity index (χ1n) is 10.2. The third-order valence-electron chi connectivity index (χ3n) is 5.20. The lowest BCUT2D eigenvalue weighted by molar-refractivity contribution is 0.131. The number of piperazine rings is 1.